The highest BCUT2D eigenvalue weighted by molar-refractivity contribution is 5.98. The molecule has 1 saturated heterocycles. The normalized spacial score (nSPS) is 19.0. The number of nitrogens with two attached hydrogens (primary N) is 1. The summed E-state index contributed by atoms with van der Waals surface area (Å²) in [5, 5.41) is 7.69. The summed E-state index contributed by atoms with van der Waals surface area (Å²) in [6.07, 6.45) is 15.9. The third-order valence-electron chi connectivity index (χ3n) is 6.91. The lowest BCUT2D eigenvalue weighted by molar-refractivity contribution is 0.0769. The highest BCUT2D eigenvalue weighted by Gasteiger charge is 2.31. The monoisotopic (exact) mass is 463 g/mol. The summed E-state index contributed by atoms with van der Waals surface area (Å²) < 4.78 is 5.89. The molecule has 0 unspecified atom stereocenters. The van der Waals surface area contributed by atoms with E-state index in [4.69, 9.17) is 15.9 Å². The highest BCUT2D eigenvalue weighted by atomic mass is 35.5. The second-order valence-corrected chi connectivity index (χ2v) is 9.41. The Hall–Kier alpha value is -1.59. The Morgan fingerprint density at radius 1 is 0.969 bits per heavy atom. The van der Waals surface area contributed by atoms with Crippen molar-refractivity contribution < 1.29 is 9.53 Å². The minimum absolute atomic E-state index is 0. The number of benzene rings is 1. The quantitative estimate of drug-likeness (QED) is 0.235. The van der Waals surface area contributed by atoms with Gasteiger partial charge < -0.3 is 15.4 Å². The molecule has 1 aliphatic carbocycles. The fourth-order valence-corrected chi connectivity index (χ4v) is 4.98. The Morgan fingerprint density at radius 3 is 2.38 bits per heavy atom. The molecular formula is C26H42ClN3O2. The zero-order valence-corrected chi connectivity index (χ0v) is 20.3. The number of aryl methyl sites for hydroxylation is 1. The van der Waals surface area contributed by atoms with Gasteiger partial charge in [0.15, 0.2) is 0 Å². The van der Waals surface area contributed by atoms with Gasteiger partial charge in [0.25, 0.3) is 5.91 Å². The van der Waals surface area contributed by atoms with Gasteiger partial charge in [0.1, 0.15) is 5.84 Å². The van der Waals surface area contributed by atoms with Crippen LogP contribution in [0, 0.1) is 11.3 Å². The van der Waals surface area contributed by atoms with Gasteiger partial charge in [-0.2, -0.15) is 0 Å². The van der Waals surface area contributed by atoms with Crippen LogP contribution < -0.4 is 5.73 Å². The molecule has 0 spiro atoms. The second kappa shape index (κ2) is 14.5. The fourth-order valence-electron chi connectivity index (χ4n) is 4.98. The lowest BCUT2D eigenvalue weighted by atomic mass is 9.90. The molecule has 1 aromatic carbocycles. The number of amides is 1. The van der Waals surface area contributed by atoms with Gasteiger partial charge in [0, 0.05) is 25.3 Å². The van der Waals surface area contributed by atoms with Gasteiger partial charge in [0.2, 0.25) is 0 Å². The van der Waals surface area contributed by atoms with Crippen LogP contribution in [0.15, 0.2) is 24.3 Å². The van der Waals surface area contributed by atoms with Crippen molar-refractivity contribution in [3.63, 3.8) is 0 Å². The van der Waals surface area contributed by atoms with Crippen molar-refractivity contribution in [3.8, 4) is 0 Å². The standard InChI is InChI=1S/C26H41N3O2.ClH/c27-25(28)24-13-9-18-29(24)26(30)23-16-14-21(15-17-23)10-5-2-1-3-8-19-31-20-22-11-6-4-7-12-22;/h14-17,22,24H,1-13,18-20H2,(H3,27,28);1H/t24-;/m0./s1. The lowest BCUT2D eigenvalue weighted by Gasteiger charge is -2.23. The average Bonchev–Trinajstić information content (AvgIpc) is 3.29. The first-order valence-corrected chi connectivity index (χ1v) is 12.5. The molecule has 0 radical (unpaired) electrons. The molecule has 1 amide bonds. The van der Waals surface area contributed by atoms with E-state index in [1.807, 2.05) is 12.1 Å². The van der Waals surface area contributed by atoms with Gasteiger partial charge in [-0.1, -0.05) is 50.7 Å². The van der Waals surface area contributed by atoms with E-state index in [1.165, 1.54) is 69.8 Å². The van der Waals surface area contributed by atoms with Gasteiger partial charge in [-0.15, -0.1) is 12.4 Å². The number of amidine groups is 1. The maximum atomic E-state index is 12.7. The number of hydrogen-bond acceptors (Lipinski definition) is 3. The summed E-state index contributed by atoms with van der Waals surface area (Å²) in [5.41, 5.74) is 7.64. The van der Waals surface area contributed by atoms with Crippen LogP contribution in [0.5, 0.6) is 0 Å². The first-order chi connectivity index (χ1) is 15.1. The van der Waals surface area contributed by atoms with Crippen LogP contribution in [0.25, 0.3) is 0 Å². The molecule has 0 aromatic heterocycles. The molecule has 1 heterocycles. The topological polar surface area (TPSA) is 79.4 Å². The van der Waals surface area contributed by atoms with Crippen LogP contribution in [0.3, 0.4) is 0 Å². The number of nitrogens with one attached hydrogen (secondary N) is 1. The van der Waals surface area contributed by atoms with E-state index in [0.717, 1.165) is 38.4 Å². The van der Waals surface area contributed by atoms with Crippen molar-refractivity contribution >= 4 is 24.1 Å². The van der Waals surface area contributed by atoms with E-state index in [-0.39, 0.29) is 30.2 Å². The SMILES string of the molecule is Cl.N=C(N)[C@@H]1CCCN1C(=O)c1ccc(CCCCCCCOCC2CCCCC2)cc1. The van der Waals surface area contributed by atoms with Crippen molar-refractivity contribution in [2.45, 2.75) is 89.5 Å². The number of nitrogens with zero attached hydrogens (tertiary/aromatic N) is 1. The number of ether oxygens (including phenoxy) is 1. The molecule has 6 heteroatoms. The first kappa shape index (κ1) is 26.7. The molecule has 3 rings (SSSR count). The number of unbranched alkanes of at least 4 members (excludes halogenated alkanes) is 4. The van der Waals surface area contributed by atoms with E-state index >= 15 is 0 Å². The molecule has 1 atom stereocenters. The Bertz CT molecular complexity index is 689. The van der Waals surface area contributed by atoms with Gasteiger partial charge in [-0.25, -0.2) is 0 Å². The minimum atomic E-state index is -0.232. The third-order valence-corrected chi connectivity index (χ3v) is 6.91. The summed E-state index contributed by atoms with van der Waals surface area (Å²) in [6.45, 7) is 2.59. The zero-order chi connectivity index (χ0) is 21.9. The second-order valence-electron chi connectivity index (χ2n) is 9.41. The van der Waals surface area contributed by atoms with Crippen LogP contribution in [-0.4, -0.2) is 42.4 Å². The number of rotatable bonds is 12. The number of carbonyl (C=O) groups excluding carboxylic acids is 1. The molecule has 32 heavy (non-hydrogen) atoms. The molecule has 5 nitrogen and oxygen atoms in total. The predicted molar refractivity (Wildman–Crippen MR) is 134 cm³/mol. The van der Waals surface area contributed by atoms with Crippen LogP contribution in [0.4, 0.5) is 0 Å². The fraction of sp³-hybridized carbons (Fsp3) is 0.692. The zero-order valence-electron chi connectivity index (χ0n) is 19.5. The highest BCUT2D eigenvalue weighted by Crippen LogP contribution is 2.24. The molecule has 0 bridgehead atoms. The molecule has 1 saturated carbocycles. The Labute approximate surface area is 200 Å². The Morgan fingerprint density at radius 2 is 1.66 bits per heavy atom. The van der Waals surface area contributed by atoms with Crippen molar-refractivity contribution in [2.24, 2.45) is 11.7 Å². The molecular weight excluding hydrogens is 422 g/mol. The average molecular weight is 464 g/mol. The van der Waals surface area contributed by atoms with Crippen molar-refractivity contribution in [1.82, 2.24) is 4.90 Å². The molecule has 2 aliphatic rings. The van der Waals surface area contributed by atoms with Crippen LogP contribution >= 0.6 is 12.4 Å². The number of likely N-dealkylation sites (tertiary alicyclic amines) is 1. The van der Waals surface area contributed by atoms with E-state index < -0.39 is 0 Å². The van der Waals surface area contributed by atoms with E-state index in [9.17, 15) is 4.79 Å². The molecule has 180 valence electrons. The smallest absolute Gasteiger partial charge is 0.254 e. The van der Waals surface area contributed by atoms with Crippen LogP contribution in [-0.2, 0) is 11.2 Å². The Balaban J connectivity index is 0.00000363. The number of carbonyl (C=O) groups is 1. The molecule has 1 aliphatic heterocycles. The molecule has 1 aromatic rings. The van der Waals surface area contributed by atoms with Crippen LogP contribution in [0.2, 0.25) is 0 Å². The third kappa shape index (κ3) is 8.40. The van der Waals surface area contributed by atoms with E-state index in [0.29, 0.717) is 12.1 Å². The maximum absolute atomic E-state index is 12.7. The van der Waals surface area contributed by atoms with Gasteiger partial charge in [0.05, 0.1) is 6.04 Å². The first-order valence-electron chi connectivity index (χ1n) is 12.5. The number of halogens is 1. The molecule has 2 fully saturated rings. The Kier molecular flexibility index (Phi) is 12.1. The van der Waals surface area contributed by atoms with Gasteiger partial charge >= 0.3 is 0 Å². The lowest BCUT2D eigenvalue weighted by Crippen LogP contribution is -2.43. The van der Waals surface area contributed by atoms with Crippen LogP contribution in [0.1, 0.15) is 93.0 Å². The van der Waals surface area contributed by atoms with E-state index in [1.54, 1.807) is 4.90 Å². The largest absolute Gasteiger partial charge is 0.386 e. The summed E-state index contributed by atoms with van der Waals surface area (Å²) >= 11 is 0. The van der Waals surface area contributed by atoms with Crippen molar-refractivity contribution in [1.29, 1.82) is 5.41 Å². The predicted octanol–water partition coefficient (Wildman–Crippen LogP) is 5.74. The summed E-state index contributed by atoms with van der Waals surface area (Å²) in [5.74, 6) is 0.912. The van der Waals surface area contributed by atoms with Crippen molar-refractivity contribution in [3.05, 3.63) is 35.4 Å². The summed E-state index contributed by atoms with van der Waals surface area (Å²) in [4.78, 5) is 14.5. The van der Waals surface area contributed by atoms with E-state index in [2.05, 4.69) is 12.1 Å². The van der Waals surface area contributed by atoms with Crippen molar-refractivity contribution in [2.75, 3.05) is 19.8 Å². The summed E-state index contributed by atoms with van der Waals surface area (Å²) in [7, 11) is 0. The minimum Gasteiger partial charge on any atom is -0.386 e. The van der Waals surface area contributed by atoms with Gasteiger partial charge in [-0.3, -0.25) is 10.2 Å². The molecule has 3 N–H and O–H groups in total. The number of hydrogen-bond donors (Lipinski definition) is 2. The van der Waals surface area contributed by atoms with Gasteiger partial charge in [-0.05, 0) is 68.6 Å². The maximum Gasteiger partial charge on any atom is 0.254 e. The summed E-state index contributed by atoms with van der Waals surface area (Å²) in [6, 6.07) is 7.77.